The zero-order chi connectivity index (χ0) is 13.9. The van der Waals surface area contributed by atoms with Crippen molar-refractivity contribution < 1.29 is 9.84 Å². The van der Waals surface area contributed by atoms with Crippen LogP contribution in [0.15, 0.2) is 30.3 Å². The van der Waals surface area contributed by atoms with Crippen molar-refractivity contribution in [2.45, 2.75) is 31.9 Å². The van der Waals surface area contributed by atoms with Crippen molar-refractivity contribution in [1.29, 1.82) is 0 Å². The molecule has 0 aromatic heterocycles. The second kappa shape index (κ2) is 9.92. The fourth-order valence-corrected chi connectivity index (χ4v) is 1.81. The highest BCUT2D eigenvalue weighted by atomic mass is 16.5. The Morgan fingerprint density at radius 2 is 2.00 bits per heavy atom. The minimum atomic E-state index is -0.536. The lowest BCUT2D eigenvalue weighted by atomic mass is 10.0. The molecule has 4 N–H and O–H groups in total. The molecule has 0 aliphatic rings. The second-order valence-corrected chi connectivity index (χ2v) is 4.74. The zero-order valence-corrected chi connectivity index (χ0v) is 11.7. The molecule has 0 aliphatic carbocycles. The maximum Gasteiger partial charge on any atom is 0.0818 e. The predicted molar refractivity (Wildman–Crippen MR) is 78.1 cm³/mol. The normalized spacial score (nSPS) is 14.3. The van der Waals surface area contributed by atoms with E-state index in [0.29, 0.717) is 19.6 Å². The minimum absolute atomic E-state index is 0.244. The smallest absolute Gasteiger partial charge is 0.0818 e. The highest BCUT2D eigenvalue weighted by Gasteiger charge is 2.14. The standard InChI is InChI=1S/C15H26N2O2/c1-2-9-19-10-8-17-12-15(18)14(16)11-13-6-4-3-5-7-13/h3-7,14-15,17-18H,2,8-12,16H2,1H3. The number of nitrogens with two attached hydrogens (primary N) is 1. The molecule has 0 aliphatic heterocycles. The molecule has 0 bridgehead atoms. The molecule has 4 nitrogen and oxygen atoms in total. The summed E-state index contributed by atoms with van der Waals surface area (Å²) in [5, 5.41) is 13.1. The third-order valence-corrected chi connectivity index (χ3v) is 2.93. The summed E-state index contributed by atoms with van der Waals surface area (Å²) in [6.07, 6.45) is 1.19. The van der Waals surface area contributed by atoms with Crippen LogP contribution in [0.5, 0.6) is 0 Å². The molecular formula is C15H26N2O2. The first-order valence-corrected chi connectivity index (χ1v) is 7.00. The third kappa shape index (κ3) is 7.28. The average molecular weight is 266 g/mol. The van der Waals surface area contributed by atoms with Gasteiger partial charge in [0, 0.05) is 25.7 Å². The summed E-state index contributed by atoms with van der Waals surface area (Å²) in [6, 6.07) is 9.75. The fraction of sp³-hybridized carbons (Fsp3) is 0.600. The van der Waals surface area contributed by atoms with E-state index in [9.17, 15) is 5.11 Å². The van der Waals surface area contributed by atoms with Crippen molar-refractivity contribution in [2.75, 3.05) is 26.3 Å². The third-order valence-electron chi connectivity index (χ3n) is 2.93. The molecule has 108 valence electrons. The van der Waals surface area contributed by atoms with E-state index in [1.807, 2.05) is 30.3 Å². The van der Waals surface area contributed by atoms with E-state index < -0.39 is 6.10 Å². The lowest BCUT2D eigenvalue weighted by Crippen LogP contribution is -2.43. The first kappa shape index (κ1) is 16.1. The number of aliphatic hydroxyl groups is 1. The Balaban J connectivity index is 2.13. The molecule has 0 fully saturated rings. The lowest BCUT2D eigenvalue weighted by molar-refractivity contribution is 0.120. The van der Waals surface area contributed by atoms with Gasteiger partial charge in [-0.25, -0.2) is 0 Å². The van der Waals surface area contributed by atoms with Crippen LogP contribution in [0.1, 0.15) is 18.9 Å². The fourth-order valence-electron chi connectivity index (χ4n) is 1.81. The van der Waals surface area contributed by atoms with Gasteiger partial charge in [0.2, 0.25) is 0 Å². The van der Waals surface area contributed by atoms with E-state index in [4.69, 9.17) is 10.5 Å². The Kier molecular flexibility index (Phi) is 8.41. The molecule has 0 saturated heterocycles. The topological polar surface area (TPSA) is 67.5 Å². The monoisotopic (exact) mass is 266 g/mol. The van der Waals surface area contributed by atoms with Gasteiger partial charge in [0.15, 0.2) is 0 Å². The molecule has 2 unspecified atom stereocenters. The summed E-state index contributed by atoms with van der Waals surface area (Å²) < 4.78 is 5.35. The van der Waals surface area contributed by atoms with Gasteiger partial charge in [-0.3, -0.25) is 0 Å². The number of ether oxygens (including phenoxy) is 1. The van der Waals surface area contributed by atoms with Gasteiger partial charge in [-0.05, 0) is 18.4 Å². The molecule has 0 radical (unpaired) electrons. The molecule has 0 heterocycles. The molecule has 0 saturated carbocycles. The number of nitrogens with one attached hydrogen (secondary N) is 1. The van der Waals surface area contributed by atoms with Crippen LogP contribution in [0.2, 0.25) is 0 Å². The molecule has 0 amide bonds. The van der Waals surface area contributed by atoms with Gasteiger partial charge in [0.25, 0.3) is 0 Å². The van der Waals surface area contributed by atoms with E-state index in [1.165, 1.54) is 0 Å². The first-order chi connectivity index (χ1) is 9.24. The van der Waals surface area contributed by atoms with Crippen molar-refractivity contribution in [3.63, 3.8) is 0 Å². The number of hydrogen-bond acceptors (Lipinski definition) is 4. The summed E-state index contributed by atoms with van der Waals surface area (Å²) in [6.45, 7) is 4.80. The molecule has 19 heavy (non-hydrogen) atoms. The maximum absolute atomic E-state index is 9.95. The summed E-state index contributed by atoms with van der Waals surface area (Å²) >= 11 is 0. The van der Waals surface area contributed by atoms with Crippen LogP contribution in [-0.2, 0) is 11.2 Å². The SMILES string of the molecule is CCCOCCNCC(O)C(N)Cc1ccccc1. The van der Waals surface area contributed by atoms with Gasteiger partial charge in [0.1, 0.15) is 0 Å². The Bertz CT molecular complexity index is 319. The van der Waals surface area contributed by atoms with Crippen LogP contribution in [0, 0.1) is 0 Å². The van der Waals surface area contributed by atoms with Crippen LogP contribution < -0.4 is 11.1 Å². The molecule has 1 aromatic rings. The van der Waals surface area contributed by atoms with Crippen LogP contribution in [0.25, 0.3) is 0 Å². The van der Waals surface area contributed by atoms with Gasteiger partial charge in [-0.2, -0.15) is 0 Å². The van der Waals surface area contributed by atoms with Crippen molar-refractivity contribution in [1.82, 2.24) is 5.32 Å². The van der Waals surface area contributed by atoms with Gasteiger partial charge in [-0.15, -0.1) is 0 Å². The first-order valence-electron chi connectivity index (χ1n) is 7.00. The van der Waals surface area contributed by atoms with Crippen molar-refractivity contribution in [2.24, 2.45) is 5.73 Å². The number of rotatable bonds is 10. The quantitative estimate of drug-likeness (QED) is 0.551. The van der Waals surface area contributed by atoms with E-state index in [1.54, 1.807) is 0 Å². The summed E-state index contributed by atoms with van der Waals surface area (Å²) in [7, 11) is 0. The Labute approximate surface area is 116 Å². The molecule has 4 heteroatoms. The molecule has 1 rings (SSSR count). The summed E-state index contributed by atoms with van der Waals surface area (Å²) in [5.74, 6) is 0. The van der Waals surface area contributed by atoms with Crippen LogP contribution in [-0.4, -0.2) is 43.6 Å². The van der Waals surface area contributed by atoms with Crippen LogP contribution in [0.3, 0.4) is 0 Å². The van der Waals surface area contributed by atoms with Gasteiger partial charge < -0.3 is 20.9 Å². The summed E-state index contributed by atoms with van der Waals surface area (Å²) in [4.78, 5) is 0. The molecule has 1 aromatic carbocycles. The predicted octanol–water partition coefficient (Wildman–Crippen LogP) is 0.934. The maximum atomic E-state index is 9.95. The van der Waals surface area contributed by atoms with Gasteiger partial charge in [0.05, 0.1) is 12.7 Å². The van der Waals surface area contributed by atoms with E-state index in [0.717, 1.165) is 25.1 Å². The lowest BCUT2D eigenvalue weighted by Gasteiger charge is -2.19. The van der Waals surface area contributed by atoms with Crippen molar-refractivity contribution in [3.8, 4) is 0 Å². The van der Waals surface area contributed by atoms with E-state index >= 15 is 0 Å². The Morgan fingerprint density at radius 3 is 2.68 bits per heavy atom. The molecule has 0 spiro atoms. The largest absolute Gasteiger partial charge is 0.390 e. The molecule has 2 atom stereocenters. The van der Waals surface area contributed by atoms with Gasteiger partial charge in [-0.1, -0.05) is 37.3 Å². The van der Waals surface area contributed by atoms with Crippen molar-refractivity contribution in [3.05, 3.63) is 35.9 Å². The van der Waals surface area contributed by atoms with Gasteiger partial charge >= 0.3 is 0 Å². The summed E-state index contributed by atoms with van der Waals surface area (Å²) in [5.41, 5.74) is 7.14. The second-order valence-electron chi connectivity index (χ2n) is 4.74. The van der Waals surface area contributed by atoms with Crippen molar-refractivity contribution >= 4 is 0 Å². The Hall–Kier alpha value is -0.940. The minimum Gasteiger partial charge on any atom is -0.390 e. The van der Waals surface area contributed by atoms with E-state index in [2.05, 4.69) is 12.2 Å². The zero-order valence-electron chi connectivity index (χ0n) is 11.7. The number of hydrogen-bond donors (Lipinski definition) is 3. The highest BCUT2D eigenvalue weighted by Crippen LogP contribution is 2.04. The molecular weight excluding hydrogens is 240 g/mol. The van der Waals surface area contributed by atoms with Crippen LogP contribution in [0.4, 0.5) is 0 Å². The van der Waals surface area contributed by atoms with E-state index in [-0.39, 0.29) is 6.04 Å². The van der Waals surface area contributed by atoms with Crippen LogP contribution >= 0.6 is 0 Å². The number of aliphatic hydroxyl groups excluding tert-OH is 1. The number of benzene rings is 1. The Morgan fingerprint density at radius 1 is 1.26 bits per heavy atom. The highest BCUT2D eigenvalue weighted by molar-refractivity contribution is 5.16. The average Bonchev–Trinajstić information content (AvgIpc) is 2.43.